The lowest BCUT2D eigenvalue weighted by Gasteiger charge is -2.28. The lowest BCUT2D eigenvalue weighted by atomic mass is 10.1. The number of nitrogens with zero attached hydrogens (tertiary/aromatic N) is 3. The zero-order valence-electron chi connectivity index (χ0n) is 11.0. The van der Waals surface area contributed by atoms with Gasteiger partial charge in [-0.25, -0.2) is 0 Å². The van der Waals surface area contributed by atoms with Crippen molar-refractivity contribution in [1.82, 2.24) is 20.0 Å². The van der Waals surface area contributed by atoms with Gasteiger partial charge in [-0.1, -0.05) is 0 Å². The molecular formula is C13H20N4O2. The van der Waals surface area contributed by atoms with Crippen LogP contribution in [0.3, 0.4) is 0 Å². The van der Waals surface area contributed by atoms with Crippen LogP contribution in [-0.4, -0.2) is 71.8 Å². The molecule has 2 saturated heterocycles. The quantitative estimate of drug-likeness (QED) is 0.838. The Hall–Kier alpha value is -1.40. The molecule has 0 saturated carbocycles. The van der Waals surface area contributed by atoms with E-state index in [1.807, 2.05) is 11.0 Å². The summed E-state index contributed by atoms with van der Waals surface area (Å²) < 4.78 is 5.30. The lowest BCUT2D eigenvalue weighted by Crippen LogP contribution is -2.44. The molecule has 1 N–H and O–H groups in total. The fraction of sp³-hybridized carbons (Fsp3) is 0.692. The van der Waals surface area contributed by atoms with Crippen LogP contribution in [0.4, 0.5) is 0 Å². The number of nitrogens with one attached hydrogen (secondary N) is 1. The molecule has 0 aliphatic carbocycles. The number of hydrogen-bond donors (Lipinski definition) is 1. The second-order valence-electron chi connectivity index (χ2n) is 5.23. The Morgan fingerprint density at radius 3 is 3.00 bits per heavy atom. The molecule has 3 rings (SSSR count). The van der Waals surface area contributed by atoms with E-state index >= 15 is 0 Å². The van der Waals surface area contributed by atoms with Crippen LogP contribution < -0.4 is 0 Å². The Morgan fingerprint density at radius 2 is 2.26 bits per heavy atom. The predicted molar refractivity (Wildman–Crippen MR) is 69.8 cm³/mol. The average molecular weight is 264 g/mol. The molecule has 1 amide bonds. The van der Waals surface area contributed by atoms with Crippen molar-refractivity contribution >= 4 is 5.91 Å². The largest absolute Gasteiger partial charge is 0.379 e. The number of ether oxygens (including phenoxy) is 1. The normalized spacial score (nSPS) is 24.8. The van der Waals surface area contributed by atoms with Gasteiger partial charge in [0.05, 0.1) is 19.8 Å². The Bertz CT molecular complexity index is 414. The number of aromatic nitrogens is 2. The zero-order chi connectivity index (χ0) is 13.1. The van der Waals surface area contributed by atoms with Crippen molar-refractivity contribution in [2.45, 2.75) is 12.3 Å². The molecule has 6 nitrogen and oxygen atoms in total. The second-order valence-corrected chi connectivity index (χ2v) is 5.23. The summed E-state index contributed by atoms with van der Waals surface area (Å²) in [6.07, 6.45) is 2.80. The van der Waals surface area contributed by atoms with E-state index in [0.29, 0.717) is 12.5 Å². The summed E-state index contributed by atoms with van der Waals surface area (Å²) in [5, 5.41) is 6.98. The minimum atomic E-state index is 0.240. The van der Waals surface area contributed by atoms with Crippen LogP contribution in [0.1, 0.15) is 18.0 Å². The molecule has 2 aliphatic rings. The van der Waals surface area contributed by atoms with Crippen LogP contribution >= 0.6 is 0 Å². The predicted octanol–water partition coefficient (Wildman–Crippen LogP) is 0.0578. The smallest absolute Gasteiger partial charge is 0.236 e. The average Bonchev–Trinajstić information content (AvgIpc) is 3.11. The molecule has 0 radical (unpaired) electrons. The maximum atomic E-state index is 12.2. The highest BCUT2D eigenvalue weighted by Crippen LogP contribution is 2.25. The first-order valence-electron chi connectivity index (χ1n) is 6.90. The first-order valence-corrected chi connectivity index (χ1v) is 6.90. The monoisotopic (exact) mass is 264 g/mol. The second kappa shape index (κ2) is 5.71. The molecule has 2 aliphatic heterocycles. The summed E-state index contributed by atoms with van der Waals surface area (Å²) in [5.41, 5.74) is 1.14. The third-order valence-electron chi connectivity index (χ3n) is 3.97. The fourth-order valence-electron chi connectivity index (χ4n) is 2.79. The van der Waals surface area contributed by atoms with E-state index in [1.54, 1.807) is 6.20 Å². The topological polar surface area (TPSA) is 61.5 Å². The Kier molecular flexibility index (Phi) is 3.79. The number of amides is 1. The van der Waals surface area contributed by atoms with E-state index in [0.717, 1.165) is 51.5 Å². The lowest BCUT2D eigenvalue weighted by molar-refractivity contribution is -0.132. The summed E-state index contributed by atoms with van der Waals surface area (Å²) in [4.78, 5) is 16.4. The molecule has 1 aromatic heterocycles. The van der Waals surface area contributed by atoms with Crippen molar-refractivity contribution in [2.75, 3.05) is 45.9 Å². The zero-order valence-corrected chi connectivity index (χ0v) is 11.0. The van der Waals surface area contributed by atoms with Gasteiger partial charge in [-0.15, -0.1) is 0 Å². The number of aromatic amines is 1. The standard InChI is InChI=1S/C13H20N4O2/c18-13(10-16-5-7-19-8-6-16)17-4-2-11(9-17)12-1-3-14-15-12/h1,3,11H,2,4-10H2,(H,14,15)/t11-/m0/s1. The van der Waals surface area contributed by atoms with E-state index in [1.165, 1.54) is 0 Å². The van der Waals surface area contributed by atoms with Gasteiger partial charge in [0.15, 0.2) is 0 Å². The van der Waals surface area contributed by atoms with Gasteiger partial charge in [-0.2, -0.15) is 5.10 Å². The molecule has 6 heteroatoms. The van der Waals surface area contributed by atoms with Gasteiger partial charge in [0, 0.05) is 44.0 Å². The maximum Gasteiger partial charge on any atom is 0.236 e. The SMILES string of the molecule is O=C(CN1CCOCC1)N1CC[C@H](c2ccn[nH]2)C1. The molecule has 1 aromatic rings. The summed E-state index contributed by atoms with van der Waals surface area (Å²) in [6.45, 7) is 5.40. The van der Waals surface area contributed by atoms with Crippen LogP contribution in [0.2, 0.25) is 0 Å². The van der Waals surface area contributed by atoms with Crippen molar-refractivity contribution < 1.29 is 9.53 Å². The van der Waals surface area contributed by atoms with E-state index in [4.69, 9.17) is 4.74 Å². The van der Waals surface area contributed by atoms with Crippen molar-refractivity contribution in [3.8, 4) is 0 Å². The van der Waals surface area contributed by atoms with Gasteiger partial charge in [0.2, 0.25) is 5.91 Å². The molecule has 0 spiro atoms. The van der Waals surface area contributed by atoms with Crippen LogP contribution in [0.5, 0.6) is 0 Å². The van der Waals surface area contributed by atoms with Crippen molar-refractivity contribution in [3.63, 3.8) is 0 Å². The third-order valence-corrected chi connectivity index (χ3v) is 3.97. The number of carbonyl (C=O) groups is 1. The molecular weight excluding hydrogens is 244 g/mol. The van der Waals surface area contributed by atoms with E-state index < -0.39 is 0 Å². The third kappa shape index (κ3) is 2.96. The Balaban J connectivity index is 1.51. The molecule has 0 bridgehead atoms. The highest BCUT2D eigenvalue weighted by atomic mass is 16.5. The minimum Gasteiger partial charge on any atom is -0.379 e. The number of morpholine rings is 1. The molecule has 0 aromatic carbocycles. The Morgan fingerprint density at radius 1 is 1.42 bits per heavy atom. The van der Waals surface area contributed by atoms with Crippen LogP contribution in [-0.2, 0) is 9.53 Å². The molecule has 3 heterocycles. The highest BCUT2D eigenvalue weighted by molar-refractivity contribution is 5.78. The minimum absolute atomic E-state index is 0.240. The summed E-state index contributed by atoms with van der Waals surface area (Å²) in [6, 6.07) is 2.00. The molecule has 0 unspecified atom stereocenters. The van der Waals surface area contributed by atoms with Crippen molar-refractivity contribution in [2.24, 2.45) is 0 Å². The van der Waals surface area contributed by atoms with Gasteiger partial charge < -0.3 is 9.64 Å². The first-order chi connectivity index (χ1) is 9.33. The molecule has 2 fully saturated rings. The van der Waals surface area contributed by atoms with Crippen molar-refractivity contribution in [1.29, 1.82) is 0 Å². The van der Waals surface area contributed by atoms with Gasteiger partial charge in [0.1, 0.15) is 0 Å². The summed E-state index contributed by atoms with van der Waals surface area (Å²) in [5.74, 6) is 0.653. The molecule has 19 heavy (non-hydrogen) atoms. The van der Waals surface area contributed by atoms with Crippen LogP contribution in [0.15, 0.2) is 12.3 Å². The van der Waals surface area contributed by atoms with Gasteiger partial charge in [-0.05, 0) is 12.5 Å². The van der Waals surface area contributed by atoms with Gasteiger partial charge in [-0.3, -0.25) is 14.8 Å². The maximum absolute atomic E-state index is 12.2. The molecule has 104 valence electrons. The van der Waals surface area contributed by atoms with Crippen molar-refractivity contribution in [3.05, 3.63) is 18.0 Å². The fourth-order valence-corrected chi connectivity index (χ4v) is 2.79. The van der Waals surface area contributed by atoms with Crippen LogP contribution in [0, 0.1) is 0 Å². The number of carbonyl (C=O) groups excluding carboxylic acids is 1. The van der Waals surface area contributed by atoms with Gasteiger partial charge in [0.25, 0.3) is 0 Å². The Labute approximate surface area is 112 Å². The number of hydrogen-bond acceptors (Lipinski definition) is 4. The number of H-pyrrole nitrogens is 1. The number of likely N-dealkylation sites (tertiary alicyclic amines) is 1. The number of rotatable bonds is 3. The van der Waals surface area contributed by atoms with E-state index in [-0.39, 0.29) is 5.91 Å². The summed E-state index contributed by atoms with van der Waals surface area (Å²) >= 11 is 0. The first kappa shape index (κ1) is 12.6. The highest BCUT2D eigenvalue weighted by Gasteiger charge is 2.29. The van der Waals surface area contributed by atoms with E-state index in [2.05, 4.69) is 15.1 Å². The van der Waals surface area contributed by atoms with E-state index in [9.17, 15) is 4.79 Å². The molecule has 1 atom stereocenters. The summed E-state index contributed by atoms with van der Waals surface area (Å²) in [7, 11) is 0. The van der Waals surface area contributed by atoms with Gasteiger partial charge >= 0.3 is 0 Å². The van der Waals surface area contributed by atoms with Crippen LogP contribution in [0.25, 0.3) is 0 Å².